The zero-order valence-corrected chi connectivity index (χ0v) is 20.2. The standard InChI is InChI=1S/C27H29ClN4O3/c28-20-6-2-5-19(14-20)27(15-29)10-7-21(8-11-27)32-12-9-22-23(30-16-31-24(22)25(32)33)17-3-1-4-18(13-17)26(34)35/h1-4,6,13-14,16,19,21H,5,7-12,15,29H2,(H,34,35). The van der Waals surface area contributed by atoms with Crippen molar-refractivity contribution in [2.24, 2.45) is 17.1 Å². The molecule has 1 aromatic heterocycles. The molecule has 1 saturated carbocycles. The number of allylic oxidation sites excluding steroid dienone is 4. The van der Waals surface area contributed by atoms with Gasteiger partial charge < -0.3 is 15.7 Å². The number of aromatic nitrogens is 2. The van der Waals surface area contributed by atoms with Gasteiger partial charge in [0.1, 0.15) is 12.0 Å². The van der Waals surface area contributed by atoms with E-state index < -0.39 is 5.97 Å². The smallest absolute Gasteiger partial charge is 0.335 e. The maximum Gasteiger partial charge on any atom is 0.335 e. The number of rotatable bonds is 5. The van der Waals surface area contributed by atoms with Crippen LogP contribution in [0.15, 0.2) is 53.9 Å². The minimum atomic E-state index is -0.995. The van der Waals surface area contributed by atoms with Crippen LogP contribution in [-0.2, 0) is 6.42 Å². The van der Waals surface area contributed by atoms with E-state index in [0.717, 1.165) is 42.7 Å². The lowest BCUT2D eigenvalue weighted by atomic mass is 9.63. The molecular formula is C27H29ClN4O3. The summed E-state index contributed by atoms with van der Waals surface area (Å²) in [6.07, 6.45) is 12.9. The summed E-state index contributed by atoms with van der Waals surface area (Å²) >= 11 is 6.29. The predicted octanol–water partition coefficient (Wildman–Crippen LogP) is 4.43. The molecule has 0 saturated heterocycles. The Hall–Kier alpha value is -3.03. The summed E-state index contributed by atoms with van der Waals surface area (Å²) in [5.41, 5.74) is 9.03. The van der Waals surface area contributed by atoms with Gasteiger partial charge in [-0.25, -0.2) is 14.8 Å². The lowest BCUT2D eigenvalue weighted by Crippen LogP contribution is -2.50. The van der Waals surface area contributed by atoms with Gasteiger partial charge in [-0.15, -0.1) is 0 Å². The minimum absolute atomic E-state index is 0.0165. The van der Waals surface area contributed by atoms with Crippen LogP contribution >= 0.6 is 11.6 Å². The van der Waals surface area contributed by atoms with Crippen LogP contribution in [0.2, 0.25) is 0 Å². The molecule has 1 amide bonds. The molecule has 1 atom stereocenters. The Balaban J connectivity index is 1.35. The SMILES string of the molecule is NCC1(C2C=C(Cl)C=CC2)CCC(N2CCc3c(ncnc3-c3cccc(C(=O)O)c3)C2=O)CC1. The van der Waals surface area contributed by atoms with Crippen molar-refractivity contribution >= 4 is 23.5 Å². The molecule has 1 unspecified atom stereocenters. The summed E-state index contributed by atoms with van der Waals surface area (Å²) in [5.74, 6) is -0.733. The number of nitrogens with two attached hydrogens (primary N) is 1. The quantitative estimate of drug-likeness (QED) is 0.639. The average Bonchev–Trinajstić information content (AvgIpc) is 2.89. The zero-order valence-electron chi connectivity index (χ0n) is 19.5. The number of amides is 1. The molecule has 2 heterocycles. The Labute approximate surface area is 209 Å². The van der Waals surface area contributed by atoms with Crippen molar-refractivity contribution in [3.8, 4) is 11.3 Å². The molecule has 7 nitrogen and oxygen atoms in total. The number of halogens is 1. The van der Waals surface area contributed by atoms with Crippen LogP contribution in [0.25, 0.3) is 11.3 Å². The highest BCUT2D eigenvalue weighted by Gasteiger charge is 2.43. The highest BCUT2D eigenvalue weighted by atomic mass is 35.5. The lowest BCUT2D eigenvalue weighted by molar-refractivity contribution is 0.0431. The van der Waals surface area contributed by atoms with E-state index in [-0.39, 0.29) is 22.9 Å². The third kappa shape index (κ3) is 4.39. The van der Waals surface area contributed by atoms with Crippen LogP contribution in [0.3, 0.4) is 0 Å². The summed E-state index contributed by atoms with van der Waals surface area (Å²) in [6, 6.07) is 6.81. The van der Waals surface area contributed by atoms with E-state index in [9.17, 15) is 14.7 Å². The van der Waals surface area contributed by atoms with Gasteiger partial charge in [-0.2, -0.15) is 0 Å². The van der Waals surface area contributed by atoms with Gasteiger partial charge in [-0.1, -0.05) is 35.9 Å². The van der Waals surface area contributed by atoms with Crippen LogP contribution in [0.4, 0.5) is 0 Å². The summed E-state index contributed by atoms with van der Waals surface area (Å²) in [6.45, 7) is 1.21. The van der Waals surface area contributed by atoms with Crippen molar-refractivity contribution < 1.29 is 14.7 Å². The maximum atomic E-state index is 13.5. The monoisotopic (exact) mass is 492 g/mol. The molecule has 0 bridgehead atoms. The van der Waals surface area contributed by atoms with Crippen molar-refractivity contribution in [1.29, 1.82) is 0 Å². The van der Waals surface area contributed by atoms with Gasteiger partial charge in [0.25, 0.3) is 5.91 Å². The molecule has 0 spiro atoms. The summed E-state index contributed by atoms with van der Waals surface area (Å²) < 4.78 is 0. The molecule has 3 aliphatic rings. The van der Waals surface area contributed by atoms with Crippen molar-refractivity contribution in [1.82, 2.24) is 14.9 Å². The Morgan fingerprint density at radius 1 is 1.23 bits per heavy atom. The topological polar surface area (TPSA) is 109 Å². The van der Waals surface area contributed by atoms with Crippen LogP contribution in [0.5, 0.6) is 0 Å². The van der Waals surface area contributed by atoms with E-state index in [2.05, 4.69) is 22.1 Å². The summed E-state index contributed by atoms with van der Waals surface area (Å²) in [7, 11) is 0. The molecule has 35 heavy (non-hydrogen) atoms. The Bertz CT molecular complexity index is 1220. The fourth-order valence-corrected chi connectivity index (χ4v) is 6.23. The zero-order chi connectivity index (χ0) is 24.6. The van der Waals surface area contributed by atoms with Gasteiger partial charge in [-0.3, -0.25) is 4.79 Å². The van der Waals surface area contributed by atoms with Crippen LogP contribution in [0, 0.1) is 11.3 Å². The number of aromatic carboxylic acids is 1. The molecule has 1 aromatic carbocycles. The second-order valence-electron chi connectivity index (χ2n) is 9.78. The van der Waals surface area contributed by atoms with E-state index in [0.29, 0.717) is 42.4 Å². The van der Waals surface area contributed by atoms with E-state index >= 15 is 0 Å². The molecule has 1 aliphatic heterocycles. The third-order valence-corrected chi connectivity index (χ3v) is 8.26. The van der Waals surface area contributed by atoms with Crippen molar-refractivity contribution in [2.75, 3.05) is 13.1 Å². The van der Waals surface area contributed by atoms with Crippen LogP contribution in [-0.4, -0.2) is 51.0 Å². The Morgan fingerprint density at radius 3 is 2.71 bits per heavy atom. The predicted molar refractivity (Wildman–Crippen MR) is 134 cm³/mol. The lowest BCUT2D eigenvalue weighted by Gasteiger charge is -2.47. The molecule has 1 fully saturated rings. The van der Waals surface area contributed by atoms with Crippen molar-refractivity contribution in [2.45, 2.75) is 44.6 Å². The van der Waals surface area contributed by atoms with E-state index in [1.165, 1.54) is 6.33 Å². The summed E-state index contributed by atoms with van der Waals surface area (Å²) in [5, 5.41) is 10.1. The van der Waals surface area contributed by atoms with Gasteiger partial charge in [0.15, 0.2) is 0 Å². The number of fused-ring (bicyclic) bond motifs is 1. The molecule has 182 valence electrons. The van der Waals surface area contributed by atoms with Crippen molar-refractivity contribution in [3.05, 3.63) is 70.7 Å². The van der Waals surface area contributed by atoms with Crippen LogP contribution in [0.1, 0.15) is 58.5 Å². The summed E-state index contributed by atoms with van der Waals surface area (Å²) in [4.78, 5) is 35.7. The Kier molecular flexibility index (Phi) is 6.47. The van der Waals surface area contributed by atoms with Gasteiger partial charge in [0, 0.05) is 28.7 Å². The molecule has 8 heteroatoms. The number of carboxylic acids is 1. The average molecular weight is 493 g/mol. The van der Waals surface area contributed by atoms with Crippen molar-refractivity contribution in [3.63, 3.8) is 0 Å². The van der Waals surface area contributed by atoms with Gasteiger partial charge in [-0.05, 0) is 74.6 Å². The second kappa shape index (κ2) is 9.55. The number of benzene rings is 1. The second-order valence-corrected chi connectivity index (χ2v) is 10.2. The fourth-order valence-electron chi connectivity index (χ4n) is 5.99. The van der Waals surface area contributed by atoms with Gasteiger partial charge >= 0.3 is 5.97 Å². The number of hydrogen-bond donors (Lipinski definition) is 2. The minimum Gasteiger partial charge on any atom is -0.478 e. The first-order valence-electron chi connectivity index (χ1n) is 12.1. The number of carbonyl (C=O) groups is 2. The third-order valence-electron chi connectivity index (χ3n) is 8.01. The van der Waals surface area contributed by atoms with Gasteiger partial charge in [0.05, 0.1) is 11.3 Å². The van der Waals surface area contributed by atoms with Gasteiger partial charge in [0.2, 0.25) is 0 Å². The Morgan fingerprint density at radius 2 is 2.00 bits per heavy atom. The molecule has 0 radical (unpaired) electrons. The largest absolute Gasteiger partial charge is 0.478 e. The molecule has 3 N–H and O–H groups in total. The van der Waals surface area contributed by atoms with E-state index in [4.69, 9.17) is 17.3 Å². The highest BCUT2D eigenvalue weighted by molar-refractivity contribution is 6.31. The van der Waals surface area contributed by atoms with Crippen LogP contribution < -0.4 is 5.73 Å². The highest BCUT2D eigenvalue weighted by Crippen LogP contribution is 2.47. The molecular weight excluding hydrogens is 464 g/mol. The fraction of sp³-hybridized carbons (Fsp3) is 0.407. The number of nitrogens with zero attached hydrogens (tertiary/aromatic N) is 3. The number of carboxylic acid groups (broad SMARTS) is 1. The molecule has 5 rings (SSSR count). The first kappa shape index (κ1) is 23.7. The number of hydrogen-bond acceptors (Lipinski definition) is 5. The molecule has 2 aromatic rings. The normalized spacial score (nSPS) is 26.3. The van der Waals surface area contributed by atoms with E-state index in [1.54, 1.807) is 18.2 Å². The first-order valence-corrected chi connectivity index (χ1v) is 12.5. The number of carbonyl (C=O) groups excluding carboxylic acids is 1. The van der Waals surface area contributed by atoms with E-state index in [1.807, 2.05) is 17.0 Å². The maximum absolute atomic E-state index is 13.5. The first-order chi connectivity index (χ1) is 16.9. The molecule has 2 aliphatic carbocycles.